The molecule has 0 bridgehead atoms. The van der Waals surface area contributed by atoms with Crippen molar-refractivity contribution in [3.05, 3.63) is 53.7 Å². The first kappa shape index (κ1) is 14.8. The van der Waals surface area contributed by atoms with E-state index in [9.17, 15) is 0 Å². The number of hydrogen-bond donors (Lipinski definition) is 1. The molecule has 122 valence electrons. The van der Waals surface area contributed by atoms with Crippen molar-refractivity contribution in [1.29, 1.82) is 0 Å². The average Bonchev–Trinajstić information content (AvgIpc) is 3.27. The largest absolute Gasteiger partial charge is 0.353 e. The molecule has 0 saturated heterocycles. The monoisotopic (exact) mass is 339 g/mol. The van der Waals surface area contributed by atoms with Crippen LogP contribution in [0.5, 0.6) is 0 Å². The summed E-state index contributed by atoms with van der Waals surface area (Å²) in [6.07, 6.45) is 9.03. The van der Waals surface area contributed by atoms with Gasteiger partial charge in [0.15, 0.2) is 0 Å². The number of thiophene rings is 1. The second-order valence-corrected chi connectivity index (χ2v) is 6.55. The molecule has 0 fully saturated rings. The van der Waals surface area contributed by atoms with Gasteiger partial charge in [0, 0.05) is 38.9 Å². The molecular weight excluding hydrogens is 322 g/mol. The lowest BCUT2D eigenvalue weighted by atomic mass is 10.2. The first-order chi connectivity index (χ1) is 11.6. The number of anilines is 1. The van der Waals surface area contributed by atoms with E-state index in [0.717, 1.165) is 33.2 Å². The number of rotatable bonds is 4. The molecule has 4 heterocycles. The minimum Gasteiger partial charge on any atom is -0.353 e. The molecule has 0 spiro atoms. The molecule has 1 N–H and O–H groups in total. The quantitative estimate of drug-likeness (QED) is 0.619. The topological polar surface area (TPSA) is 73.5 Å². The lowest BCUT2D eigenvalue weighted by molar-refractivity contribution is 0.676. The highest BCUT2D eigenvalue weighted by Gasteiger charge is 2.24. The van der Waals surface area contributed by atoms with Crippen molar-refractivity contribution in [3.8, 4) is 0 Å². The molecule has 4 aromatic rings. The van der Waals surface area contributed by atoms with E-state index in [1.807, 2.05) is 35.6 Å². The molecule has 0 saturated carbocycles. The molecule has 0 atom stereocenters. The molecule has 0 amide bonds. The summed E-state index contributed by atoms with van der Waals surface area (Å²) in [6.45, 7) is 2.07. The minimum atomic E-state index is -0.206. The number of aryl methyl sites for hydroxylation is 3. The summed E-state index contributed by atoms with van der Waals surface area (Å²) in [4.78, 5) is 18.8. The van der Waals surface area contributed by atoms with Gasteiger partial charge in [-0.1, -0.05) is 0 Å². The Morgan fingerprint density at radius 3 is 2.25 bits per heavy atom. The lowest BCUT2D eigenvalue weighted by Crippen LogP contribution is -2.21. The van der Waals surface area contributed by atoms with E-state index in [0.29, 0.717) is 0 Å². The fourth-order valence-corrected chi connectivity index (χ4v) is 3.71. The van der Waals surface area contributed by atoms with E-state index in [1.54, 1.807) is 30.1 Å². The number of fused-ring (bicyclic) bond motifs is 1. The van der Waals surface area contributed by atoms with E-state index >= 15 is 0 Å². The SMILES string of the molecule is Cc1csc2ncnc(NC(c3nccn3C)c3nccn3C)c12. The molecule has 0 aliphatic heterocycles. The highest BCUT2D eigenvalue weighted by molar-refractivity contribution is 7.17. The van der Waals surface area contributed by atoms with Crippen molar-refractivity contribution < 1.29 is 0 Å². The fourth-order valence-electron chi connectivity index (χ4n) is 2.82. The Hall–Kier alpha value is -2.74. The molecule has 0 aliphatic carbocycles. The van der Waals surface area contributed by atoms with Crippen molar-refractivity contribution in [2.24, 2.45) is 14.1 Å². The summed E-state index contributed by atoms with van der Waals surface area (Å²) in [5, 5.41) is 6.67. The number of hydrogen-bond acceptors (Lipinski definition) is 6. The Morgan fingerprint density at radius 1 is 1.00 bits per heavy atom. The predicted octanol–water partition coefficient (Wildman–Crippen LogP) is 2.67. The summed E-state index contributed by atoms with van der Waals surface area (Å²) in [6, 6.07) is -0.206. The molecular formula is C16H17N7S. The highest BCUT2D eigenvalue weighted by Crippen LogP contribution is 2.31. The van der Waals surface area contributed by atoms with Gasteiger partial charge in [-0.15, -0.1) is 11.3 Å². The van der Waals surface area contributed by atoms with Crippen LogP contribution in [0, 0.1) is 6.92 Å². The minimum absolute atomic E-state index is 0.206. The molecule has 0 aromatic carbocycles. The van der Waals surface area contributed by atoms with Crippen LogP contribution >= 0.6 is 11.3 Å². The smallest absolute Gasteiger partial charge is 0.145 e. The van der Waals surface area contributed by atoms with Crippen molar-refractivity contribution >= 4 is 27.4 Å². The van der Waals surface area contributed by atoms with Crippen molar-refractivity contribution in [1.82, 2.24) is 29.1 Å². The fraction of sp³-hybridized carbons (Fsp3) is 0.250. The maximum atomic E-state index is 4.51. The number of nitrogens with one attached hydrogen (secondary N) is 1. The number of nitrogens with zero attached hydrogens (tertiary/aromatic N) is 6. The van der Waals surface area contributed by atoms with Gasteiger partial charge in [-0.25, -0.2) is 19.9 Å². The maximum absolute atomic E-state index is 4.51. The van der Waals surface area contributed by atoms with E-state index in [1.165, 1.54) is 0 Å². The van der Waals surface area contributed by atoms with Gasteiger partial charge in [-0.05, 0) is 17.9 Å². The third-order valence-electron chi connectivity index (χ3n) is 4.07. The summed E-state index contributed by atoms with van der Waals surface area (Å²) >= 11 is 1.62. The van der Waals surface area contributed by atoms with Gasteiger partial charge in [0.05, 0.1) is 5.39 Å². The number of imidazole rings is 2. The molecule has 0 radical (unpaired) electrons. The third-order valence-corrected chi connectivity index (χ3v) is 5.07. The van der Waals surface area contributed by atoms with Gasteiger partial charge < -0.3 is 14.5 Å². The first-order valence-corrected chi connectivity index (χ1v) is 8.43. The molecule has 8 heteroatoms. The summed E-state index contributed by atoms with van der Waals surface area (Å²) in [5.74, 6) is 2.56. The van der Waals surface area contributed by atoms with Crippen molar-refractivity contribution in [2.75, 3.05) is 5.32 Å². The molecule has 24 heavy (non-hydrogen) atoms. The summed E-state index contributed by atoms with van der Waals surface area (Å²) in [5.41, 5.74) is 1.16. The van der Waals surface area contributed by atoms with Crippen LogP contribution in [0.25, 0.3) is 10.2 Å². The highest BCUT2D eigenvalue weighted by atomic mass is 32.1. The maximum Gasteiger partial charge on any atom is 0.145 e. The van der Waals surface area contributed by atoms with E-state index in [-0.39, 0.29) is 6.04 Å². The zero-order chi connectivity index (χ0) is 16.7. The van der Waals surface area contributed by atoms with Crippen LogP contribution in [0.2, 0.25) is 0 Å². The van der Waals surface area contributed by atoms with Crippen LogP contribution in [0.15, 0.2) is 36.5 Å². The molecule has 0 unspecified atom stereocenters. The normalized spacial score (nSPS) is 11.5. The van der Waals surface area contributed by atoms with E-state index < -0.39 is 0 Å². The van der Waals surface area contributed by atoms with Gasteiger partial charge in [0.1, 0.15) is 34.7 Å². The standard InChI is InChI=1S/C16H17N7S/c1-10-8-24-16-11(10)13(19-9-20-16)21-12(14-17-4-6-22(14)2)15-18-5-7-23(15)3/h4-9,12H,1-3H3,(H,19,20,21). The Bertz CT molecular complexity index is 957. The first-order valence-electron chi connectivity index (χ1n) is 7.55. The zero-order valence-corrected chi connectivity index (χ0v) is 14.4. The Balaban J connectivity index is 1.84. The molecule has 4 aromatic heterocycles. The molecule has 4 rings (SSSR count). The summed E-state index contributed by atoms with van der Waals surface area (Å²) in [7, 11) is 3.96. The summed E-state index contributed by atoms with van der Waals surface area (Å²) < 4.78 is 3.98. The van der Waals surface area contributed by atoms with Crippen LogP contribution in [0.1, 0.15) is 23.3 Å². The van der Waals surface area contributed by atoms with Gasteiger partial charge in [0.25, 0.3) is 0 Å². The van der Waals surface area contributed by atoms with Crippen LogP contribution in [0.3, 0.4) is 0 Å². The van der Waals surface area contributed by atoms with Crippen LogP contribution in [-0.4, -0.2) is 29.1 Å². The van der Waals surface area contributed by atoms with Gasteiger partial charge >= 0.3 is 0 Å². The molecule has 7 nitrogen and oxygen atoms in total. The van der Waals surface area contributed by atoms with Crippen molar-refractivity contribution in [3.63, 3.8) is 0 Å². The van der Waals surface area contributed by atoms with Crippen LogP contribution in [-0.2, 0) is 14.1 Å². The second kappa shape index (κ2) is 5.72. The Kier molecular flexibility index (Phi) is 3.53. The van der Waals surface area contributed by atoms with Gasteiger partial charge in [-0.3, -0.25) is 0 Å². The lowest BCUT2D eigenvalue weighted by Gasteiger charge is -2.19. The second-order valence-electron chi connectivity index (χ2n) is 5.69. The third kappa shape index (κ3) is 2.35. The van der Waals surface area contributed by atoms with Crippen LogP contribution in [0.4, 0.5) is 5.82 Å². The van der Waals surface area contributed by atoms with Gasteiger partial charge in [0.2, 0.25) is 0 Å². The number of aromatic nitrogens is 6. The van der Waals surface area contributed by atoms with E-state index in [4.69, 9.17) is 0 Å². The molecule has 0 aliphatic rings. The Morgan fingerprint density at radius 2 is 1.67 bits per heavy atom. The predicted molar refractivity (Wildman–Crippen MR) is 94.0 cm³/mol. The van der Waals surface area contributed by atoms with E-state index in [2.05, 4.69) is 37.6 Å². The average molecular weight is 339 g/mol. The zero-order valence-electron chi connectivity index (χ0n) is 13.6. The Labute approximate surface area is 143 Å². The van der Waals surface area contributed by atoms with Crippen molar-refractivity contribution in [2.45, 2.75) is 13.0 Å². The van der Waals surface area contributed by atoms with Crippen LogP contribution < -0.4 is 5.32 Å². The van der Waals surface area contributed by atoms with Gasteiger partial charge in [-0.2, -0.15) is 0 Å².